The summed E-state index contributed by atoms with van der Waals surface area (Å²) in [5.74, 6) is 0. The molecular weight excluding hydrogens is 524 g/mol. The Morgan fingerprint density at radius 2 is 1.41 bits per heavy atom. The van der Waals surface area contributed by atoms with Crippen molar-refractivity contribution in [3.05, 3.63) is 74.8 Å². The van der Waals surface area contributed by atoms with Crippen LogP contribution >= 0.6 is 31.9 Å². The minimum absolute atomic E-state index is 0.00585. The highest BCUT2D eigenvalue weighted by atomic mass is 79.9. The highest BCUT2D eigenvalue weighted by molar-refractivity contribution is 9.10. The van der Waals surface area contributed by atoms with E-state index < -0.39 is 16.1 Å². The molecule has 0 fully saturated rings. The summed E-state index contributed by atoms with van der Waals surface area (Å²) < 4.78 is 30.4. The predicted molar refractivity (Wildman–Crippen MR) is 116 cm³/mol. The fourth-order valence-corrected chi connectivity index (χ4v) is 5.35. The van der Waals surface area contributed by atoms with E-state index >= 15 is 0 Å². The molecule has 0 radical (unpaired) electrons. The number of hydrogen-bond donors (Lipinski definition) is 0. The third kappa shape index (κ3) is 3.72. The molecule has 10 heteroatoms. The molecule has 0 atom stereocenters. The van der Waals surface area contributed by atoms with Crippen LogP contribution in [0.2, 0.25) is 0 Å². The van der Waals surface area contributed by atoms with Gasteiger partial charge in [-0.2, -0.15) is 13.5 Å². The van der Waals surface area contributed by atoms with E-state index in [4.69, 9.17) is 0 Å². The molecule has 0 unspecified atom stereocenters. The third-order valence-corrected chi connectivity index (χ3v) is 7.51. The zero-order valence-electron chi connectivity index (χ0n) is 15.3. The van der Waals surface area contributed by atoms with Crippen molar-refractivity contribution < 1.29 is 13.2 Å². The first-order valence-electron chi connectivity index (χ1n) is 8.62. The maximum atomic E-state index is 13.3. The van der Waals surface area contributed by atoms with Crippen molar-refractivity contribution in [3.8, 4) is 0 Å². The van der Waals surface area contributed by atoms with E-state index in [0.717, 1.165) is 18.8 Å². The number of sulfonamides is 1. The first kappa shape index (κ1) is 20.1. The predicted octanol–water partition coefficient (Wildman–Crippen LogP) is 4.28. The molecule has 0 bridgehead atoms. The summed E-state index contributed by atoms with van der Waals surface area (Å²) in [5.41, 5.74) is 1.87. The molecule has 1 aliphatic rings. The zero-order valence-corrected chi connectivity index (χ0v) is 19.3. The van der Waals surface area contributed by atoms with E-state index in [1.54, 1.807) is 19.2 Å². The lowest BCUT2D eigenvalue weighted by molar-refractivity contribution is 0.225. The Morgan fingerprint density at radius 1 is 0.897 bits per heavy atom. The van der Waals surface area contributed by atoms with Gasteiger partial charge in [0.2, 0.25) is 0 Å². The van der Waals surface area contributed by atoms with Crippen LogP contribution in [0, 0.1) is 0 Å². The number of anilines is 1. The minimum Gasteiger partial charge on any atom is -0.285 e. The van der Waals surface area contributed by atoms with Crippen LogP contribution in [0.5, 0.6) is 0 Å². The van der Waals surface area contributed by atoms with Gasteiger partial charge in [0.1, 0.15) is 5.69 Å². The molecular formula is C19H16Br2N4O3S. The van der Waals surface area contributed by atoms with E-state index in [-0.39, 0.29) is 23.8 Å². The van der Waals surface area contributed by atoms with Crippen molar-refractivity contribution in [2.24, 2.45) is 7.05 Å². The topological polar surface area (TPSA) is 75.5 Å². The van der Waals surface area contributed by atoms with Crippen LogP contribution in [-0.2, 0) is 30.2 Å². The fraction of sp³-hybridized carbons (Fsp3) is 0.158. The Morgan fingerprint density at radius 3 is 1.97 bits per heavy atom. The molecule has 0 N–H and O–H groups in total. The number of urea groups is 1. The lowest BCUT2D eigenvalue weighted by atomic mass is 10.2. The number of benzene rings is 2. The number of aromatic nitrogens is 2. The second-order valence-electron chi connectivity index (χ2n) is 6.59. The molecule has 0 saturated carbocycles. The quantitative estimate of drug-likeness (QED) is 0.496. The van der Waals surface area contributed by atoms with Gasteiger partial charge in [0.15, 0.2) is 5.03 Å². The van der Waals surface area contributed by atoms with Gasteiger partial charge in [-0.05, 0) is 35.4 Å². The lowest BCUT2D eigenvalue weighted by Crippen LogP contribution is -2.50. The summed E-state index contributed by atoms with van der Waals surface area (Å²) in [5, 5.41) is 4.10. The Balaban J connectivity index is 1.76. The number of carbonyl (C=O) groups is 1. The molecule has 2 heterocycles. The average Bonchev–Trinajstić information content (AvgIpc) is 3.08. The number of nitrogens with zero attached hydrogens (tertiary/aromatic N) is 4. The summed E-state index contributed by atoms with van der Waals surface area (Å²) in [7, 11) is -2.48. The molecule has 0 aliphatic carbocycles. The van der Waals surface area contributed by atoms with Crippen LogP contribution in [0.4, 0.5) is 10.5 Å². The van der Waals surface area contributed by atoms with Crippen molar-refractivity contribution in [1.82, 2.24) is 14.1 Å². The Bertz CT molecular complexity index is 1180. The number of rotatable bonds is 4. The van der Waals surface area contributed by atoms with Crippen LogP contribution in [0.25, 0.3) is 0 Å². The molecule has 4 rings (SSSR count). The van der Waals surface area contributed by atoms with Crippen molar-refractivity contribution >= 4 is 53.6 Å². The van der Waals surface area contributed by atoms with Crippen LogP contribution in [0.3, 0.4) is 0 Å². The van der Waals surface area contributed by atoms with Gasteiger partial charge in [-0.25, -0.2) is 9.10 Å². The molecule has 3 aromatic rings. The minimum atomic E-state index is -4.04. The standard InChI is InChI=1S/C19H16Br2N4O3S/c1-23-18-17(10-22-23)24(11-13-2-6-15(20)7-3-13)19(26)25(29(18,27)28)12-14-4-8-16(21)9-5-14/h2-10H,11-12H2,1H3. The highest BCUT2D eigenvalue weighted by Crippen LogP contribution is 2.36. The highest BCUT2D eigenvalue weighted by Gasteiger charge is 2.44. The maximum absolute atomic E-state index is 13.3. The largest absolute Gasteiger partial charge is 0.339 e. The molecule has 2 amide bonds. The summed E-state index contributed by atoms with van der Waals surface area (Å²) in [6.45, 7) is 0.174. The molecule has 150 valence electrons. The molecule has 1 aliphatic heterocycles. The van der Waals surface area contributed by atoms with E-state index in [2.05, 4.69) is 37.0 Å². The molecule has 7 nitrogen and oxygen atoms in total. The Kier molecular flexibility index (Phi) is 5.26. The van der Waals surface area contributed by atoms with Gasteiger partial charge in [-0.1, -0.05) is 56.1 Å². The van der Waals surface area contributed by atoms with Gasteiger partial charge in [0, 0.05) is 16.0 Å². The van der Waals surface area contributed by atoms with Crippen molar-refractivity contribution in [3.63, 3.8) is 0 Å². The smallest absolute Gasteiger partial charge is 0.285 e. The number of amides is 2. The summed E-state index contributed by atoms with van der Waals surface area (Å²) in [6.07, 6.45) is 1.42. The molecule has 29 heavy (non-hydrogen) atoms. The van der Waals surface area contributed by atoms with Crippen LogP contribution in [0.1, 0.15) is 11.1 Å². The van der Waals surface area contributed by atoms with Crippen molar-refractivity contribution in [2.75, 3.05) is 4.90 Å². The van der Waals surface area contributed by atoms with Crippen molar-refractivity contribution in [2.45, 2.75) is 18.1 Å². The Hall–Kier alpha value is -2.17. The number of halogens is 2. The average molecular weight is 540 g/mol. The summed E-state index contributed by atoms with van der Waals surface area (Å²) in [6, 6.07) is 14.1. The molecule has 1 aromatic heterocycles. The SMILES string of the molecule is Cn1ncc2c1S(=O)(=O)N(Cc1ccc(Br)cc1)C(=O)N2Cc1ccc(Br)cc1. The van der Waals surface area contributed by atoms with E-state index in [1.165, 1.54) is 15.8 Å². The lowest BCUT2D eigenvalue weighted by Gasteiger charge is -2.34. The normalized spacial score (nSPS) is 15.5. The molecule has 2 aromatic carbocycles. The molecule has 0 saturated heterocycles. The van der Waals surface area contributed by atoms with Crippen molar-refractivity contribution in [1.29, 1.82) is 0 Å². The molecule has 0 spiro atoms. The second-order valence-corrected chi connectivity index (χ2v) is 10.2. The van der Waals surface area contributed by atoms with Gasteiger partial charge >= 0.3 is 6.03 Å². The summed E-state index contributed by atoms with van der Waals surface area (Å²) >= 11 is 6.75. The zero-order chi connectivity index (χ0) is 20.8. The van der Waals surface area contributed by atoms with Crippen LogP contribution < -0.4 is 4.90 Å². The van der Waals surface area contributed by atoms with Crippen LogP contribution in [0.15, 0.2) is 68.7 Å². The fourth-order valence-electron chi connectivity index (χ4n) is 3.18. The number of carbonyl (C=O) groups excluding carboxylic acids is 1. The summed E-state index contributed by atoms with van der Waals surface area (Å²) in [4.78, 5) is 14.7. The first-order chi connectivity index (χ1) is 13.8. The van der Waals surface area contributed by atoms with Gasteiger partial charge in [0.05, 0.1) is 19.3 Å². The number of hydrogen-bond acceptors (Lipinski definition) is 4. The van der Waals surface area contributed by atoms with Gasteiger partial charge in [-0.15, -0.1) is 0 Å². The van der Waals surface area contributed by atoms with Gasteiger partial charge in [0.25, 0.3) is 10.0 Å². The van der Waals surface area contributed by atoms with E-state index in [0.29, 0.717) is 5.56 Å². The van der Waals surface area contributed by atoms with Gasteiger partial charge < -0.3 is 0 Å². The maximum Gasteiger partial charge on any atom is 0.339 e. The van der Waals surface area contributed by atoms with Crippen LogP contribution in [-0.4, -0.2) is 28.5 Å². The van der Waals surface area contributed by atoms with E-state index in [1.807, 2.05) is 36.4 Å². The second kappa shape index (κ2) is 7.58. The number of aryl methyl sites for hydroxylation is 1. The van der Waals surface area contributed by atoms with Gasteiger partial charge in [-0.3, -0.25) is 9.58 Å². The number of fused-ring (bicyclic) bond motifs is 1. The monoisotopic (exact) mass is 538 g/mol. The third-order valence-electron chi connectivity index (χ3n) is 4.63. The van der Waals surface area contributed by atoms with E-state index in [9.17, 15) is 13.2 Å². The first-order valence-corrected chi connectivity index (χ1v) is 11.6. The Labute approximate surface area is 185 Å².